The molecule has 0 radical (unpaired) electrons. The molecule has 1 N–H and O–H groups in total. The summed E-state index contributed by atoms with van der Waals surface area (Å²) in [5.74, 6) is 3.35. The molecule has 0 saturated carbocycles. The number of aromatic nitrogens is 2. The SMILES string of the molecule is CNc1cc(CC(C)C)nc(CSC)n1. The first-order valence-electron chi connectivity index (χ1n) is 5.19. The van der Waals surface area contributed by atoms with E-state index in [1.54, 1.807) is 11.8 Å². The monoisotopic (exact) mass is 225 g/mol. The van der Waals surface area contributed by atoms with Crippen molar-refractivity contribution in [2.24, 2.45) is 5.92 Å². The van der Waals surface area contributed by atoms with E-state index in [0.717, 1.165) is 29.5 Å². The van der Waals surface area contributed by atoms with Crippen molar-refractivity contribution >= 4 is 17.6 Å². The van der Waals surface area contributed by atoms with Crippen LogP contribution in [0.15, 0.2) is 6.07 Å². The molecule has 15 heavy (non-hydrogen) atoms. The van der Waals surface area contributed by atoms with E-state index in [9.17, 15) is 0 Å². The average molecular weight is 225 g/mol. The summed E-state index contributed by atoms with van der Waals surface area (Å²) in [5.41, 5.74) is 1.13. The summed E-state index contributed by atoms with van der Waals surface area (Å²) in [6, 6.07) is 2.03. The lowest BCUT2D eigenvalue weighted by Gasteiger charge is -2.08. The van der Waals surface area contributed by atoms with Gasteiger partial charge in [-0.05, 0) is 18.6 Å². The maximum atomic E-state index is 4.54. The second kappa shape index (κ2) is 5.95. The van der Waals surface area contributed by atoms with Gasteiger partial charge in [0.05, 0.1) is 5.75 Å². The molecule has 1 aromatic heterocycles. The van der Waals surface area contributed by atoms with Crippen molar-refractivity contribution in [3.8, 4) is 0 Å². The van der Waals surface area contributed by atoms with Crippen LogP contribution in [0.5, 0.6) is 0 Å². The van der Waals surface area contributed by atoms with Gasteiger partial charge in [-0.1, -0.05) is 13.8 Å². The molecule has 0 atom stereocenters. The van der Waals surface area contributed by atoms with Gasteiger partial charge < -0.3 is 5.32 Å². The zero-order chi connectivity index (χ0) is 11.3. The predicted octanol–water partition coefficient (Wildman–Crippen LogP) is 2.58. The average Bonchev–Trinajstić information content (AvgIpc) is 2.16. The van der Waals surface area contributed by atoms with Crippen LogP contribution in [-0.2, 0) is 12.2 Å². The van der Waals surface area contributed by atoms with Crippen LogP contribution in [0.3, 0.4) is 0 Å². The molecule has 0 fully saturated rings. The van der Waals surface area contributed by atoms with Crippen LogP contribution in [-0.4, -0.2) is 23.3 Å². The van der Waals surface area contributed by atoms with Gasteiger partial charge in [-0.2, -0.15) is 11.8 Å². The van der Waals surface area contributed by atoms with Crippen LogP contribution in [0.1, 0.15) is 25.4 Å². The molecule has 0 unspecified atom stereocenters. The Hall–Kier alpha value is -0.770. The largest absolute Gasteiger partial charge is 0.373 e. The Kier molecular flexibility index (Phi) is 4.88. The molecule has 1 aromatic rings. The third-order valence-electron chi connectivity index (χ3n) is 1.97. The number of hydrogen-bond donors (Lipinski definition) is 1. The molecule has 0 spiro atoms. The highest BCUT2D eigenvalue weighted by molar-refractivity contribution is 7.97. The Labute approximate surface area is 96.1 Å². The maximum absolute atomic E-state index is 4.54. The zero-order valence-electron chi connectivity index (χ0n) is 9.87. The van der Waals surface area contributed by atoms with Gasteiger partial charge in [-0.3, -0.25) is 0 Å². The summed E-state index contributed by atoms with van der Waals surface area (Å²) in [7, 11) is 1.89. The molecular weight excluding hydrogens is 206 g/mol. The predicted molar refractivity (Wildman–Crippen MR) is 67.3 cm³/mol. The lowest BCUT2D eigenvalue weighted by Crippen LogP contribution is -2.05. The zero-order valence-corrected chi connectivity index (χ0v) is 10.7. The van der Waals surface area contributed by atoms with E-state index in [1.807, 2.05) is 13.1 Å². The lowest BCUT2D eigenvalue weighted by molar-refractivity contribution is 0.632. The summed E-state index contributed by atoms with van der Waals surface area (Å²) in [6.45, 7) is 4.41. The van der Waals surface area contributed by atoms with Crippen LogP contribution in [0.2, 0.25) is 0 Å². The van der Waals surface area contributed by atoms with E-state index in [4.69, 9.17) is 0 Å². The first-order valence-corrected chi connectivity index (χ1v) is 6.58. The number of hydrogen-bond acceptors (Lipinski definition) is 4. The van der Waals surface area contributed by atoms with Crippen LogP contribution in [0.4, 0.5) is 5.82 Å². The first-order chi connectivity index (χ1) is 7.15. The van der Waals surface area contributed by atoms with Gasteiger partial charge in [0.1, 0.15) is 11.6 Å². The third kappa shape index (κ3) is 4.08. The molecule has 1 heterocycles. The smallest absolute Gasteiger partial charge is 0.140 e. The molecule has 0 aliphatic rings. The number of anilines is 1. The van der Waals surface area contributed by atoms with Crippen molar-refractivity contribution in [1.29, 1.82) is 0 Å². The Bertz CT molecular complexity index is 313. The molecule has 3 nitrogen and oxygen atoms in total. The summed E-state index contributed by atoms with van der Waals surface area (Å²) < 4.78 is 0. The molecule has 1 rings (SSSR count). The van der Waals surface area contributed by atoms with Crippen molar-refractivity contribution < 1.29 is 0 Å². The van der Waals surface area contributed by atoms with Crippen molar-refractivity contribution in [2.45, 2.75) is 26.0 Å². The molecule has 0 aromatic carbocycles. The molecule has 0 amide bonds. The minimum atomic E-state index is 0.631. The van der Waals surface area contributed by atoms with Crippen molar-refractivity contribution in [3.63, 3.8) is 0 Å². The first kappa shape index (κ1) is 12.3. The highest BCUT2D eigenvalue weighted by Gasteiger charge is 2.05. The fraction of sp³-hybridized carbons (Fsp3) is 0.636. The quantitative estimate of drug-likeness (QED) is 0.836. The second-order valence-corrected chi connectivity index (χ2v) is 4.81. The fourth-order valence-corrected chi connectivity index (χ4v) is 1.78. The van der Waals surface area contributed by atoms with Gasteiger partial charge in [0.2, 0.25) is 0 Å². The Morgan fingerprint density at radius 2 is 2.13 bits per heavy atom. The topological polar surface area (TPSA) is 37.8 Å². The normalized spacial score (nSPS) is 10.7. The van der Waals surface area contributed by atoms with Crippen molar-refractivity contribution in [2.75, 3.05) is 18.6 Å². The van der Waals surface area contributed by atoms with E-state index < -0.39 is 0 Å². The molecule has 0 saturated heterocycles. The highest BCUT2D eigenvalue weighted by atomic mass is 32.2. The summed E-state index contributed by atoms with van der Waals surface area (Å²) in [5, 5.41) is 3.08. The lowest BCUT2D eigenvalue weighted by atomic mass is 10.1. The number of nitrogens with one attached hydrogen (secondary N) is 1. The summed E-state index contributed by atoms with van der Waals surface area (Å²) in [4.78, 5) is 8.95. The molecule has 0 aliphatic carbocycles. The summed E-state index contributed by atoms with van der Waals surface area (Å²) in [6.07, 6.45) is 3.08. The van der Waals surface area contributed by atoms with E-state index >= 15 is 0 Å². The summed E-state index contributed by atoms with van der Waals surface area (Å²) >= 11 is 1.75. The Morgan fingerprint density at radius 3 is 2.67 bits per heavy atom. The van der Waals surface area contributed by atoms with Crippen LogP contribution in [0.25, 0.3) is 0 Å². The molecule has 0 bridgehead atoms. The van der Waals surface area contributed by atoms with Gasteiger partial charge in [-0.15, -0.1) is 0 Å². The number of thioether (sulfide) groups is 1. The van der Waals surface area contributed by atoms with E-state index in [0.29, 0.717) is 5.92 Å². The van der Waals surface area contributed by atoms with E-state index in [-0.39, 0.29) is 0 Å². The van der Waals surface area contributed by atoms with Crippen molar-refractivity contribution in [3.05, 3.63) is 17.6 Å². The minimum Gasteiger partial charge on any atom is -0.373 e. The van der Waals surface area contributed by atoms with Gasteiger partial charge >= 0.3 is 0 Å². The molecule has 0 aliphatic heterocycles. The number of nitrogens with zero attached hydrogens (tertiary/aromatic N) is 2. The van der Waals surface area contributed by atoms with Gasteiger partial charge in [0.15, 0.2) is 0 Å². The van der Waals surface area contributed by atoms with E-state index in [1.165, 1.54) is 0 Å². The van der Waals surface area contributed by atoms with Crippen LogP contribution in [0, 0.1) is 5.92 Å². The molecule has 84 valence electrons. The number of rotatable bonds is 5. The molecule has 4 heteroatoms. The van der Waals surface area contributed by atoms with Crippen molar-refractivity contribution in [1.82, 2.24) is 9.97 Å². The standard InChI is InChI=1S/C11H19N3S/c1-8(2)5-9-6-10(12-3)14-11(13-9)7-15-4/h6,8H,5,7H2,1-4H3,(H,12,13,14). The van der Waals surface area contributed by atoms with Crippen LogP contribution >= 0.6 is 11.8 Å². The third-order valence-corrected chi connectivity index (χ3v) is 2.52. The van der Waals surface area contributed by atoms with Crippen LogP contribution < -0.4 is 5.32 Å². The minimum absolute atomic E-state index is 0.631. The van der Waals surface area contributed by atoms with Gasteiger partial charge in [-0.25, -0.2) is 9.97 Å². The van der Waals surface area contributed by atoms with E-state index in [2.05, 4.69) is 35.4 Å². The molecular formula is C11H19N3S. The highest BCUT2D eigenvalue weighted by Crippen LogP contribution is 2.13. The van der Waals surface area contributed by atoms with Gasteiger partial charge in [0.25, 0.3) is 0 Å². The Morgan fingerprint density at radius 1 is 1.40 bits per heavy atom. The van der Waals surface area contributed by atoms with Gasteiger partial charge in [0, 0.05) is 18.8 Å². The maximum Gasteiger partial charge on any atom is 0.140 e. The Balaban J connectivity index is 2.89. The fourth-order valence-electron chi connectivity index (χ4n) is 1.40. The second-order valence-electron chi connectivity index (χ2n) is 3.94.